The molecule has 0 amide bonds. The number of benzene rings is 10. The average Bonchev–Trinajstić information content (AvgIpc) is 4.18. The second kappa shape index (κ2) is 25.3. The van der Waals surface area contributed by atoms with Gasteiger partial charge >= 0.3 is 44.8 Å². The van der Waals surface area contributed by atoms with Crippen molar-refractivity contribution in [1.82, 2.24) is 0 Å². The number of para-hydroxylation sites is 4. The van der Waals surface area contributed by atoms with Gasteiger partial charge in [-0.3, -0.25) is 0 Å². The number of aryl methyl sites for hydroxylation is 6. The molecular formula is C72H66Ag2N4O2. The quantitative estimate of drug-likeness (QED) is 0.105. The zero-order valence-electron chi connectivity index (χ0n) is 45.8. The molecule has 0 unspecified atom stereocenters. The third kappa shape index (κ3) is 11.4. The molecule has 408 valence electrons. The molecule has 0 bridgehead atoms. The van der Waals surface area contributed by atoms with Gasteiger partial charge in [-0.05, 0) is 110 Å². The van der Waals surface area contributed by atoms with Gasteiger partial charge < -0.3 is 29.8 Å². The molecule has 8 heteroatoms. The predicted octanol–water partition coefficient (Wildman–Crippen LogP) is 17.8. The molecule has 2 heterocycles. The van der Waals surface area contributed by atoms with Gasteiger partial charge in [0, 0.05) is 45.0 Å². The molecule has 2 N–H and O–H groups in total. The number of nitrogens with zero attached hydrogens (tertiary/aromatic N) is 4. The molecular weight excluding hydrogens is 1170 g/mol. The van der Waals surface area contributed by atoms with Gasteiger partial charge in [-0.15, -0.1) is 0 Å². The van der Waals surface area contributed by atoms with E-state index in [4.69, 9.17) is 0 Å². The van der Waals surface area contributed by atoms with Crippen molar-refractivity contribution in [3.8, 4) is 33.8 Å². The van der Waals surface area contributed by atoms with E-state index in [0.29, 0.717) is 0 Å². The van der Waals surface area contributed by atoms with Crippen LogP contribution in [0.15, 0.2) is 243 Å². The van der Waals surface area contributed by atoms with Crippen molar-refractivity contribution >= 4 is 22.7 Å². The fraction of sp³-hybridized carbons (Fsp3) is 0.139. The van der Waals surface area contributed by atoms with Crippen molar-refractivity contribution in [2.45, 2.75) is 65.7 Å². The first kappa shape index (κ1) is 57.2. The number of hydrogen-bond acceptors (Lipinski definition) is 6. The molecule has 10 aromatic rings. The summed E-state index contributed by atoms with van der Waals surface area (Å²) in [6, 6.07) is 84.3. The van der Waals surface area contributed by atoms with Crippen molar-refractivity contribution in [3.63, 3.8) is 0 Å². The summed E-state index contributed by atoms with van der Waals surface area (Å²) < 4.78 is 0. The minimum Gasteiger partial charge on any atom is -0.507 e. The smallest absolute Gasteiger partial charge is 0.507 e. The number of anilines is 4. The third-order valence-corrected chi connectivity index (χ3v) is 15.4. The largest absolute Gasteiger partial charge is 1.00 e. The van der Waals surface area contributed by atoms with E-state index in [0.717, 1.165) is 33.6 Å². The Morgan fingerprint density at radius 1 is 0.287 bits per heavy atom. The Morgan fingerprint density at radius 2 is 0.525 bits per heavy atom. The van der Waals surface area contributed by atoms with Crippen LogP contribution in [0.5, 0.6) is 11.5 Å². The third-order valence-electron chi connectivity index (χ3n) is 15.4. The Bertz CT molecular complexity index is 3400. The fourth-order valence-corrected chi connectivity index (χ4v) is 12.4. The van der Waals surface area contributed by atoms with Gasteiger partial charge in [-0.25, -0.2) is 0 Å². The molecule has 4 atom stereocenters. The van der Waals surface area contributed by atoms with Gasteiger partial charge in [-0.1, -0.05) is 230 Å². The van der Waals surface area contributed by atoms with Gasteiger partial charge in [0.1, 0.15) is 11.5 Å². The van der Waals surface area contributed by atoms with Gasteiger partial charge in [0.2, 0.25) is 0 Å². The summed E-state index contributed by atoms with van der Waals surface area (Å²) in [6.45, 7) is 17.7. The molecule has 2 aliphatic heterocycles. The van der Waals surface area contributed by atoms with E-state index in [-0.39, 0.29) is 80.4 Å². The van der Waals surface area contributed by atoms with E-state index in [9.17, 15) is 10.2 Å². The van der Waals surface area contributed by atoms with Crippen LogP contribution >= 0.6 is 0 Å². The number of phenolic OH excluding ortho intramolecular Hbond substituents is 2. The summed E-state index contributed by atoms with van der Waals surface area (Å²) in [4.78, 5) is 9.71. The number of aromatic hydroxyl groups is 2. The second-order valence-electron chi connectivity index (χ2n) is 20.8. The first-order valence-electron chi connectivity index (χ1n) is 27.0. The zero-order valence-corrected chi connectivity index (χ0v) is 48.8. The van der Waals surface area contributed by atoms with Crippen LogP contribution in [0.3, 0.4) is 0 Å². The summed E-state index contributed by atoms with van der Waals surface area (Å²) in [5, 5.41) is 21.7. The first-order chi connectivity index (χ1) is 38.0. The van der Waals surface area contributed by atoms with E-state index in [1.807, 2.05) is 48.5 Å². The minimum absolute atomic E-state index is 0. The molecule has 6 nitrogen and oxygen atoms in total. The summed E-state index contributed by atoms with van der Waals surface area (Å²) in [7, 11) is 0. The fourth-order valence-electron chi connectivity index (χ4n) is 12.4. The maximum absolute atomic E-state index is 10.8. The van der Waals surface area contributed by atoms with Crippen LogP contribution in [-0.4, -0.2) is 10.2 Å². The average molecular weight is 1240 g/mol. The van der Waals surface area contributed by atoms with E-state index in [1.54, 1.807) is 12.1 Å². The van der Waals surface area contributed by atoms with Crippen LogP contribution in [-0.2, 0) is 44.8 Å². The summed E-state index contributed by atoms with van der Waals surface area (Å²) in [6.07, 6.45) is 0. The Hall–Kier alpha value is -7.52. The van der Waals surface area contributed by atoms with Crippen LogP contribution in [0.25, 0.3) is 22.3 Å². The maximum Gasteiger partial charge on any atom is 1.00 e. The van der Waals surface area contributed by atoms with Crippen molar-refractivity contribution in [3.05, 3.63) is 312 Å². The Kier molecular flexibility index (Phi) is 18.1. The van der Waals surface area contributed by atoms with Crippen molar-refractivity contribution in [1.29, 1.82) is 0 Å². The first-order valence-corrected chi connectivity index (χ1v) is 27.0. The van der Waals surface area contributed by atoms with Crippen LogP contribution in [0.2, 0.25) is 0 Å². The van der Waals surface area contributed by atoms with Crippen LogP contribution in [0, 0.1) is 54.9 Å². The monoisotopic (exact) mass is 1230 g/mol. The topological polar surface area (TPSA) is 53.4 Å². The summed E-state index contributed by atoms with van der Waals surface area (Å²) in [5.41, 5.74) is 20.8. The number of phenols is 2. The number of hydrogen-bond donors (Lipinski definition) is 2. The Balaban J connectivity index is 0.000000189. The molecule has 10 aromatic carbocycles. The molecule has 2 fully saturated rings. The molecule has 0 radical (unpaired) electrons. The Labute approximate surface area is 504 Å². The molecule has 0 spiro atoms. The van der Waals surface area contributed by atoms with Crippen molar-refractivity contribution < 1.29 is 55.0 Å². The zero-order chi connectivity index (χ0) is 53.9. The van der Waals surface area contributed by atoms with Crippen LogP contribution in [0.4, 0.5) is 22.7 Å². The molecule has 80 heavy (non-hydrogen) atoms. The Morgan fingerprint density at radius 3 is 0.812 bits per heavy atom. The summed E-state index contributed by atoms with van der Waals surface area (Å²) in [5.74, 6) is 0.559. The molecule has 0 aromatic heterocycles. The standard InChI is InChI=1S/2C36H33N2O.2Ag/c2*1-25-22-26(2)34(27(3)23-25)38-24-37(32-20-12-10-18-30(32)31-19-11-13-21-33(31)39)35(28-14-6-4-7-15-28)36(38)29-16-8-5-9-17-29;;/h2*4-24,35-36,39H,1-3H3;;/q2*-1;2*+1/t2*35-,36-;;/m00../s1. The van der Waals surface area contributed by atoms with E-state index in [2.05, 4.69) is 256 Å². The van der Waals surface area contributed by atoms with Crippen LogP contribution < -0.4 is 19.6 Å². The molecule has 2 aliphatic rings. The van der Waals surface area contributed by atoms with Gasteiger partial charge in [0.25, 0.3) is 0 Å². The SMILES string of the molecule is Cc1cc(C)c(N2[CH-]N(c3ccccc3-c3ccccc3O)[C@@H](c3ccccc3)[C@@H]2c2ccccc2)c(C)c1.Cc1cc(C)c(N2[CH-]N(c3ccccc3-c3ccccc3O)[C@@H](c3ccccc3)[C@@H]2c2ccccc2)c(C)c1.[Ag+].[Ag+]. The molecule has 0 saturated carbocycles. The molecule has 12 rings (SSSR count). The van der Waals surface area contributed by atoms with E-state index >= 15 is 0 Å². The van der Waals surface area contributed by atoms with E-state index in [1.165, 1.54) is 67.0 Å². The van der Waals surface area contributed by atoms with Crippen molar-refractivity contribution in [2.24, 2.45) is 0 Å². The molecule has 0 aliphatic carbocycles. The van der Waals surface area contributed by atoms with Gasteiger partial charge in [0.15, 0.2) is 0 Å². The van der Waals surface area contributed by atoms with Crippen LogP contribution in [0.1, 0.15) is 79.8 Å². The van der Waals surface area contributed by atoms with Gasteiger partial charge in [0.05, 0.1) is 24.2 Å². The van der Waals surface area contributed by atoms with E-state index < -0.39 is 0 Å². The predicted molar refractivity (Wildman–Crippen MR) is 324 cm³/mol. The maximum atomic E-state index is 10.8. The minimum atomic E-state index is 0. The molecule has 2 saturated heterocycles. The number of rotatable bonds is 10. The van der Waals surface area contributed by atoms with Crippen molar-refractivity contribution in [2.75, 3.05) is 19.6 Å². The van der Waals surface area contributed by atoms with Gasteiger partial charge in [-0.2, -0.15) is 13.3 Å². The normalized spacial score (nSPS) is 16.6. The summed E-state index contributed by atoms with van der Waals surface area (Å²) >= 11 is 0. The second-order valence-corrected chi connectivity index (χ2v) is 20.8.